The van der Waals surface area contributed by atoms with Gasteiger partial charge < -0.3 is 0 Å². The summed E-state index contributed by atoms with van der Waals surface area (Å²) in [6, 6.07) is 0. The molecule has 0 aliphatic rings. The summed E-state index contributed by atoms with van der Waals surface area (Å²) in [6.45, 7) is 3.13. The highest BCUT2D eigenvalue weighted by molar-refractivity contribution is 6.30. The molecule has 0 aliphatic heterocycles. The molecule has 0 saturated carbocycles. The number of alkyl halides is 6. The summed E-state index contributed by atoms with van der Waals surface area (Å²) in [6.07, 6.45) is -5.09. The fourth-order valence-electron chi connectivity index (χ4n) is 0.0758. The minimum absolute atomic E-state index is 0. The molecule has 0 spiro atoms. The van der Waals surface area contributed by atoms with E-state index in [9.17, 15) is 17.6 Å². The lowest BCUT2D eigenvalue weighted by molar-refractivity contribution is -0.190. The molecule has 0 radical (unpaired) electrons. The van der Waals surface area contributed by atoms with Gasteiger partial charge in [-0.3, -0.25) is 0 Å². The zero-order valence-electron chi connectivity index (χ0n) is 6.05. The van der Waals surface area contributed by atoms with Crippen LogP contribution in [0.1, 0.15) is 7.43 Å². The highest BCUT2D eigenvalue weighted by atomic mass is 35.5. The van der Waals surface area contributed by atoms with Gasteiger partial charge in [0, 0.05) is 0 Å². The van der Waals surface area contributed by atoms with Gasteiger partial charge in [-0.05, 0) is 5.54 Å². The Labute approximate surface area is 102 Å². The van der Waals surface area contributed by atoms with E-state index in [4.69, 9.17) is 11.6 Å². The fourth-order valence-corrected chi connectivity index (χ4v) is 0.227. The van der Waals surface area contributed by atoms with Crippen molar-refractivity contribution in [1.29, 1.82) is 0 Å². The van der Waals surface area contributed by atoms with Crippen LogP contribution in [0, 0.1) is 0 Å². The van der Waals surface area contributed by atoms with Crippen LogP contribution in [0.3, 0.4) is 0 Å². The molecule has 0 heterocycles. The topological polar surface area (TPSA) is 0 Å². The van der Waals surface area contributed by atoms with Gasteiger partial charge in [0.2, 0.25) is 0 Å². The van der Waals surface area contributed by atoms with Crippen molar-refractivity contribution in [2.75, 3.05) is 5.88 Å². The van der Waals surface area contributed by atoms with Crippen LogP contribution in [0.2, 0.25) is 0 Å². The van der Waals surface area contributed by atoms with Crippen molar-refractivity contribution >= 4 is 47.2 Å². The number of hydrogen-bond donors (Lipinski definition) is 0. The van der Waals surface area contributed by atoms with Crippen molar-refractivity contribution in [2.45, 2.75) is 18.7 Å². The van der Waals surface area contributed by atoms with E-state index < -0.39 is 17.2 Å². The Morgan fingerprint density at radius 2 is 1.43 bits per heavy atom. The largest absolute Gasteiger partial charge is 0.438 e. The predicted octanol–water partition coefficient (Wildman–Crippen LogP) is 5.12. The molecule has 14 heavy (non-hydrogen) atoms. The third-order valence-corrected chi connectivity index (χ3v) is 1.44. The van der Waals surface area contributed by atoms with Crippen LogP contribution >= 0.6 is 47.2 Å². The molecule has 1 unspecified atom stereocenters. The summed E-state index contributed by atoms with van der Waals surface area (Å²) in [5, 5.41) is -3.78. The summed E-state index contributed by atoms with van der Waals surface area (Å²) >= 11 is 13.6. The van der Waals surface area contributed by atoms with Crippen molar-refractivity contribution < 1.29 is 17.6 Å². The molecule has 1 atom stereocenters. The van der Waals surface area contributed by atoms with Crippen molar-refractivity contribution in [3.8, 4) is 0 Å². The van der Waals surface area contributed by atoms with E-state index in [-0.39, 0.29) is 19.8 Å². The van der Waals surface area contributed by atoms with Gasteiger partial charge in [0.1, 0.15) is 0 Å². The van der Waals surface area contributed by atoms with Gasteiger partial charge in [0.25, 0.3) is 5.13 Å². The Hall–Kier alpha value is 0.620. The van der Waals surface area contributed by atoms with Gasteiger partial charge in [0.05, 0.1) is 5.88 Å². The van der Waals surface area contributed by atoms with E-state index in [1.165, 1.54) is 5.54 Å². The van der Waals surface area contributed by atoms with Crippen LogP contribution in [-0.2, 0) is 0 Å². The van der Waals surface area contributed by atoms with Crippen molar-refractivity contribution in [2.24, 2.45) is 0 Å². The summed E-state index contributed by atoms with van der Waals surface area (Å²) in [4.78, 5) is 0. The van der Waals surface area contributed by atoms with E-state index in [1.807, 2.05) is 0 Å². The van der Waals surface area contributed by atoms with Gasteiger partial charge in [0.15, 0.2) is 0 Å². The van der Waals surface area contributed by atoms with E-state index in [2.05, 4.69) is 29.8 Å². The number of rotatable bonds is 1. The molecule has 0 aromatic rings. The first-order chi connectivity index (χ1) is 5.22. The van der Waals surface area contributed by atoms with E-state index >= 15 is 0 Å². The van der Waals surface area contributed by atoms with Crippen LogP contribution in [0.5, 0.6) is 0 Å². The average Bonchev–Trinajstić information content (AvgIpc) is 1.87. The van der Waals surface area contributed by atoms with E-state index in [0.717, 1.165) is 0 Å². The summed E-state index contributed by atoms with van der Waals surface area (Å²) in [5.41, 5.74) is 1.22. The molecule has 0 aliphatic carbocycles. The maximum atomic E-state index is 11.8. The van der Waals surface area contributed by atoms with Crippen molar-refractivity contribution in [3.05, 3.63) is 12.1 Å². The van der Waals surface area contributed by atoms with Crippen LogP contribution in [0.15, 0.2) is 12.1 Å². The SMILES string of the molecule is C.C=CCl.Cl.FC(F)(F)C(F)(Cl)CCl. The minimum Gasteiger partial charge on any atom is -0.215 e. The lowest BCUT2D eigenvalue weighted by Gasteiger charge is -2.17. The quantitative estimate of drug-likeness (QED) is 0.466. The molecule has 0 aromatic heterocycles. The zero-order chi connectivity index (χ0) is 10.4. The Morgan fingerprint density at radius 3 is 1.43 bits per heavy atom. The van der Waals surface area contributed by atoms with Gasteiger partial charge in [-0.15, -0.1) is 24.0 Å². The summed E-state index contributed by atoms with van der Waals surface area (Å²) in [5.74, 6) is -1.29. The minimum atomic E-state index is -5.09. The second-order valence-corrected chi connectivity index (χ2v) is 2.67. The molecule has 90 valence electrons. The van der Waals surface area contributed by atoms with Gasteiger partial charge in [-0.2, -0.15) is 13.2 Å². The molecule has 0 nitrogen and oxygen atoms in total. The van der Waals surface area contributed by atoms with Crippen LogP contribution in [-0.4, -0.2) is 17.2 Å². The van der Waals surface area contributed by atoms with Crippen molar-refractivity contribution in [3.63, 3.8) is 0 Å². The maximum absolute atomic E-state index is 11.8. The Bertz CT molecular complexity index is 134. The smallest absolute Gasteiger partial charge is 0.215 e. The molecule has 0 amide bonds. The highest BCUT2D eigenvalue weighted by Crippen LogP contribution is 2.38. The first-order valence-electron chi connectivity index (χ1n) is 2.44. The third-order valence-electron chi connectivity index (χ3n) is 0.583. The van der Waals surface area contributed by atoms with Crippen molar-refractivity contribution in [1.82, 2.24) is 0 Å². The summed E-state index contributed by atoms with van der Waals surface area (Å²) in [7, 11) is 0. The molecular weight excluding hydrogens is 290 g/mol. The first-order valence-corrected chi connectivity index (χ1v) is 3.79. The van der Waals surface area contributed by atoms with E-state index in [0.29, 0.717) is 0 Å². The second kappa shape index (κ2) is 10.1. The average molecular weight is 300 g/mol. The molecule has 0 bridgehead atoms. The number of halogens is 8. The Kier molecular flexibility index (Phi) is 17.4. The molecule has 0 fully saturated rings. The Morgan fingerprint density at radius 1 is 1.21 bits per heavy atom. The molecule has 0 saturated heterocycles. The molecular formula is C6H10Cl4F4. The zero-order valence-corrected chi connectivity index (χ0v) is 9.13. The maximum Gasteiger partial charge on any atom is 0.438 e. The summed E-state index contributed by atoms with van der Waals surface area (Å²) < 4.78 is 45.6. The standard InChI is InChI=1S/C3H2Cl2F4.C2H3Cl.CH4.ClH/c4-1-2(5,6)3(7,8)9;1-2-3;;/h1H2;2H,1H2;1H4;1H. The van der Waals surface area contributed by atoms with Crippen LogP contribution < -0.4 is 0 Å². The molecule has 0 aromatic carbocycles. The van der Waals surface area contributed by atoms with E-state index in [1.54, 1.807) is 0 Å². The first kappa shape index (κ1) is 24.0. The van der Waals surface area contributed by atoms with Gasteiger partial charge in [-0.1, -0.05) is 37.2 Å². The molecule has 0 rings (SSSR count). The third kappa shape index (κ3) is 10.7. The number of hydrogen-bond acceptors (Lipinski definition) is 0. The highest BCUT2D eigenvalue weighted by Gasteiger charge is 2.54. The van der Waals surface area contributed by atoms with Crippen LogP contribution in [0.25, 0.3) is 0 Å². The van der Waals surface area contributed by atoms with Gasteiger partial charge >= 0.3 is 6.18 Å². The normalized spacial score (nSPS) is 13.4. The molecule has 0 N–H and O–H groups in total. The lowest BCUT2D eigenvalue weighted by atomic mass is 10.4. The predicted molar refractivity (Wildman–Crippen MR) is 56.5 cm³/mol. The van der Waals surface area contributed by atoms with Gasteiger partial charge in [-0.25, -0.2) is 4.39 Å². The monoisotopic (exact) mass is 298 g/mol. The second-order valence-electron chi connectivity index (χ2n) is 1.49. The lowest BCUT2D eigenvalue weighted by Crippen LogP contribution is -2.36. The van der Waals surface area contributed by atoms with Crippen LogP contribution in [0.4, 0.5) is 17.6 Å². The fraction of sp³-hybridized carbons (Fsp3) is 0.667. The molecule has 8 heteroatoms. The Balaban J connectivity index is -0.0000000891.